The predicted molar refractivity (Wildman–Crippen MR) is 121 cm³/mol. The van der Waals surface area contributed by atoms with E-state index in [2.05, 4.69) is 10.3 Å². The van der Waals surface area contributed by atoms with Crippen LogP contribution in [0.25, 0.3) is 0 Å². The largest absolute Gasteiger partial charge is 0.480 e. The Balaban J connectivity index is 1.92. The van der Waals surface area contributed by atoms with Crippen LogP contribution in [0.2, 0.25) is 0 Å². The Labute approximate surface area is 186 Å². The molecule has 0 saturated carbocycles. The summed E-state index contributed by atoms with van der Waals surface area (Å²) in [5.41, 5.74) is 3.38. The van der Waals surface area contributed by atoms with Crippen molar-refractivity contribution in [2.24, 2.45) is 10.9 Å². The van der Waals surface area contributed by atoms with Crippen molar-refractivity contribution in [3.8, 4) is 0 Å². The Hall–Kier alpha value is -3.68. The van der Waals surface area contributed by atoms with Crippen LogP contribution in [0.4, 0.5) is 10.5 Å². The molecule has 3 rings (SSSR count). The van der Waals surface area contributed by atoms with Gasteiger partial charge >= 0.3 is 12.1 Å². The normalized spacial score (nSPS) is 15.6. The maximum Gasteiger partial charge on any atom is 0.409 e. The lowest BCUT2D eigenvalue weighted by molar-refractivity contribution is -0.136. The zero-order chi connectivity index (χ0) is 23.3. The molecule has 1 aliphatic rings. The van der Waals surface area contributed by atoms with Gasteiger partial charge in [-0.1, -0.05) is 62.4 Å². The molecule has 32 heavy (non-hydrogen) atoms. The summed E-state index contributed by atoms with van der Waals surface area (Å²) in [6.07, 6.45) is -1.54. The van der Waals surface area contributed by atoms with E-state index in [9.17, 15) is 19.5 Å². The minimum absolute atomic E-state index is 0.0360. The number of aryl methyl sites for hydroxylation is 1. The quantitative estimate of drug-likeness (QED) is 0.689. The first-order chi connectivity index (χ1) is 15.3. The van der Waals surface area contributed by atoms with E-state index in [4.69, 9.17) is 4.74 Å². The Morgan fingerprint density at radius 2 is 1.88 bits per heavy atom. The molecule has 0 radical (unpaired) electrons. The van der Waals surface area contributed by atoms with Crippen molar-refractivity contribution in [2.45, 2.75) is 40.0 Å². The van der Waals surface area contributed by atoms with Gasteiger partial charge in [0, 0.05) is 11.3 Å². The summed E-state index contributed by atoms with van der Waals surface area (Å²) < 4.78 is 5.25. The fraction of sp³-hybridized carbons (Fsp3) is 0.333. The van der Waals surface area contributed by atoms with Crippen LogP contribution in [0, 0.1) is 12.8 Å². The highest BCUT2D eigenvalue weighted by molar-refractivity contribution is 6.14. The van der Waals surface area contributed by atoms with Gasteiger partial charge in [0.2, 0.25) is 6.17 Å². The minimum Gasteiger partial charge on any atom is -0.480 e. The molecule has 0 fully saturated rings. The van der Waals surface area contributed by atoms with Gasteiger partial charge in [0.1, 0.15) is 13.2 Å². The summed E-state index contributed by atoms with van der Waals surface area (Å²) >= 11 is 0. The van der Waals surface area contributed by atoms with E-state index < -0.39 is 30.7 Å². The third-order valence-corrected chi connectivity index (χ3v) is 4.97. The fourth-order valence-corrected chi connectivity index (χ4v) is 3.60. The number of para-hydroxylation sites is 1. The highest BCUT2D eigenvalue weighted by Gasteiger charge is 2.35. The van der Waals surface area contributed by atoms with Crippen molar-refractivity contribution >= 4 is 29.4 Å². The summed E-state index contributed by atoms with van der Waals surface area (Å²) in [6.45, 7) is 5.36. The van der Waals surface area contributed by atoms with Crippen LogP contribution in [0.5, 0.6) is 0 Å². The zero-order valence-corrected chi connectivity index (χ0v) is 18.4. The molecule has 8 nitrogen and oxygen atoms in total. The fourth-order valence-electron chi connectivity index (χ4n) is 3.60. The topological polar surface area (TPSA) is 108 Å². The monoisotopic (exact) mass is 437 g/mol. The first kappa shape index (κ1) is 23.0. The van der Waals surface area contributed by atoms with Crippen LogP contribution in [0.3, 0.4) is 0 Å². The Bertz CT molecular complexity index is 1030. The third kappa shape index (κ3) is 5.51. The lowest BCUT2D eigenvalue weighted by Crippen LogP contribution is -2.49. The van der Waals surface area contributed by atoms with E-state index in [-0.39, 0.29) is 12.5 Å². The van der Waals surface area contributed by atoms with Gasteiger partial charge in [0.25, 0.3) is 5.91 Å². The molecule has 1 unspecified atom stereocenters. The van der Waals surface area contributed by atoms with Gasteiger partial charge < -0.3 is 9.84 Å². The van der Waals surface area contributed by atoms with E-state index in [0.717, 1.165) is 11.1 Å². The number of alkyl carbamates (subject to hydrolysis) is 1. The van der Waals surface area contributed by atoms with Crippen molar-refractivity contribution in [1.29, 1.82) is 0 Å². The lowest BCUT2D eigenvalue weighted by Gasteiger charge is -2.25. The third-order valence-electron chi connectivity index (χ3n) is 4.97. The van der Waals surface area contributed by atoms with Crippen molar-refractivity contribution in [3.05, 3.63) is 65.2 Å². The molecule has 0 saturated heterocycles. The van der Waals surface area contributed by atoms with E-state index in [1.165, 1.54) is 4.90 Å². The van der Waals surface area contributed by atoms with Gasteiger partial charge in [0.15, 0.2) is 0 Å². The maximum absolute atomic E-state index is 13.3. The number of aliphatic imine (C=N–C) groups is 1. The molecule has 2 aromatic carbocycles. The number of hydrogen-bond donors (Lipinski definition) is 2. The van der Waals surface area contributed by atoms with Gasteiger partial charge in [-0.15, -0.1) is 0 Å². The second-order valence-corrected chi connectivity index (χ2v) is 8.07. The molecule has 0 aliphatic carbocycles. The molecule has 2 N–H and O–H groups in total. The van der Waals surface area contributed by atoms with Crippen molar-refractivity contribution in [3.63, 3.8) is 0 Å². The highest BCUT2D eigenvalue weighted by atomic mass is 16.5. The first-order valence-electron chi connectivity index (χ1n) is 10.4. The van der Waals surface area contributed by atoms with E-state index in [0.29, 0.717) is 23.4 Å². The highest BCUT2D eigenvalue weighted by Crippen LogP contribution is 2.31. The molecule has 1 heterocycles. The second-order valence-electron chi connectivity index (χ2n) is 8.07. The van der Waals surface area contributed by atoms with Gasteiger partial charge in [-0.05, 0) is 30.4 Å². The summed E-state index contributed by atoms with van der Waals surface area (Å²) in [4.78, 5) is 43.0. The number of nitrogens with one attached hydrogen (secondary N) is 1. The maximum atomic E-state index is 13.3. The van der Waals surface area contributed by atoms with Crippen LogP contribution in [0.15, 0.2) is 53.5 Å². The average Bonchev–Trinajstić information content (AvgIpc) is 2.84. The zero-order valence-electron chi connectivity index (χ0n) is 18.4. The smallest absolute Gasteiger partial charge is 0.409 e. The predicted octanol–water partition coefficient (Wildman–Crippen LogP) is 3.51. The molecule has 0 aromatic heterocycles. The number of hydrogen-bond acceptors (Lipinski definition) is 5. The molecule has 0 bridgehead atoms. The number of aliphatic carboxylic acids is 1. The number of anilines is 1. The number of carboxylic acid groups (broad SMARTS) is 1. The van der Waals surface area contributed by atoms with Gasteiger partial charge in [0.05, 0.1) is 5.69 Å². The molecule has 1 aliphatic heterocycles. The van der Waals surface area contributed by atoms with Crippen LogP contribution in [-0.4, -0.2) is 41.5 Å². The Morgan fingerprint density at radius 3 is 2.53 bits per heavy atom. The van der Waals surface area contributed by atoms with Crippen LogP contribution < -0.4 is 10.2 Å². The first-order valence-corrected chi connectivity index (χ1v) is 10.4. The van der Waals surface area contributed by atoms with Crippen molar-refractivity contribution in [1.82, 2.24) is 5.32 Å². The molecule has 2 aromatic rings. The van der Waals surface area contributed by atoms with Gasteiger partial charge in [-0.25, -0.2) is 4.79 Å². The van der Waals surface area contributed by atoms with E-state index >= 15 is 0 Å². The average molecular weight is 437 g/mol. The van der Waals surface area contributed by atoms with Crippen molar-refractivity contribution in [2.75, 3.05) is 11.4 Å². The number of ether oxygens (including phenoxy) is 1. The Kier molecular flexibility index (Phi) is 7.25. The number of benzene rings is 2. The SMILES string of the molecule is Cc1cccc2c1N(CC(=O)O)C(=O)C(NC(=O)OCc1ccccc1)N=C2CC(C)C. The molecular formula is C24H27N3O5. The number of carbonyl (C=O) groups is 3. The summed E-state index contributed by atoms with van der Waals surface area (Å²) in [6, 6.07) is 14.6. The van der Waals surface area contributed by atoms with Crippen LogP contribution >= 0.6 is 0 Å². The van der Waals surface area contributed by atoms with E-state index in [1.54, 1.807) is 0 Å². The standard InChI is InChI=1S/C24H27N3O5/c1-15(2)12-19-18-11-7-8-16(3)21(18)27(13-20(28)29)23(30)22(25-19)26-24(31)32-14-17-9-5-4-6-10-17/h4-11,15,22H,12-14H2,1-3H3,(H,26,31)(H,28,29). The number of benzodiazepines with no additional fused rings is 1. The van der Waals surface area contributed by atoms with Crippen LogP contribution in [0.1, 0.15) is 37.0 Å². The number of nitrogens with zero attached hydrogens (tertiary/aromatic N) is 2. The number of amides is 2. The number of carbonyl (C=O) groups excluding carboxylic acids is 2. The molecule has 8 heteroatoms. The summed E-state index contributed by atoms with van der Waals surface area (Å²) in [5, 5.41) is 11.9. The molecule has 0 spiro atoms. The molecule has 168 valence electrons. The Morgan fingerprint density at radius 1 is 1.16 bits per heavy atom. The summed E-state index contributed by atoms with van der Waals surface area (Å²) in [5.74, 6) is -1.56. The summed E-state index contributed by atoms with van der Waals surface area (Å²) in [7, 11) is 0. The van der Waals surface area contributed by atoms with Crippen LogP contribution in [-0.2, 0) is 20.9 Å². The lowest BCUT2D eigenvalue weighted by atomic mass is 9.96. The molecule has 2 amide bonds. The van der Waals surface area contributed by atoms with Crippen molar-refractivity contribution < 1.29 is 24.2 Å². The number of rotatable bonds is 7. The number of fused-ring (bicyclic) bond motifs is 1. The molecular weight excluding hydrogens is 410 g/mol. The minimum atomic E-state index is -1.29. The second kappa shape index (κ2) is 10.1. The van der Waals surface area contributed by atoms with Gasteiger partial charge in [-0.2, -0.15) is 0 Å². The molecule has 1 atom stereocenters. The number of carboxylic acids is 1. The van der Waals surface area contributed by atoms with Gasteiger partial charge in [-0.3, -0.25) is 24.8 Å². The van der Waals surface area contributed by atoms with E-state index in [1.807, 2.05) is 69.3 Å².